The Bertz CT molecular complexity index is 694. The number of nitrogens with zero attached hydrogens (tertiary/aromatic N) is 2. The predicted molar refractivity (Wildman–Crippen MR) is 84.3 cm³/mol. The standard InChI is InChI=1S/C14H14BrN3OS/c15-12-3-1-2-10(4-5-16)13(12)19-9-11-8-18-6-7-20-14(18)17-11/h1-3,6-8H,4-5,9,16H2. The summed E-state index contributed by atoms with van der Waals surface area (Å²) in [5.74, 6) is 0.856. The highest BCUT2D eigenvalue weighted by Crippen LogP contribution is 2.30. The van der Waals surface area contributed by atoms with Gasteiger partial charge in [0, 0.05) is 17.8 Å². The molecule has 2 aromatic heterocycles. The quantitative estimate of drug-likeness (QED) is 0.767. The fourth-order valence-electron chi connectivity index (χ4n) is 2.06. The van der Waals surface area contributed by atoms with Crippen LogP contribution in [0.15, 0.2) is 40.4 Å². The first-order valence-electron chi connectivity index (χ1n) is 6.29. The minimum absolute atomic E-state index is 0.453. The van der Waals surface area contributed by atoms with Crippen molar-refractivity contribution in [3.05, 3.63) is 51.7 Å². The van der Waals surface area contributed by atoms with Gasteiger partial charge in [-0.05, 0) is 40.5 Å². The van der Waals surface area contributed by atoms with Gasteiger partial charge in [0.2, 0.25) is 0 Å². The van der Waals surface area contributed by atoms with Gasteiger partial charge in [0.05, 0.1) is 10.2 Å². The molecule has 1 aromatic carbocycles. The summed E-state index contributed by atoms with van der Waals surface area (Å²) in [7, 11) is 0. The van der Waals surface area contributed by atoms with Crippen LogP contribution in [0.3, 0.4) is 0 Å². The van der Waals surface area contributed by atoms with Crippen LogP contribution in [-0.4, -0.2) is 15.9 Å². The van der Waals surface area contributed by atoms with Gasteiger partial charge in [-0.3, -0.25) is 4.40 Å². The first-order valence-corrected chi connectivity index (χ1v) is 7.96. The number of aromatic nitrogens is 2. The van der Waals surface area contributed by atoms with Crippen LogP contribution >= 0.6 is 27.3 Å². The molecule has 3 aromatic rings. The molecule has 4 nitrogen and oxygen atoms in total. The molecular weight excluding hydrogens is 338 g/mol. The van der Waals surface area contributed by atoms with E-state index in [0.29, 0.717) is 13.2 Å². The second kappa shape index (κ2) is 5.95. The molecule has 104 valence electrons. The fraction of sp³-hybridized carbons (Fsp3) is 0.214. The zero-order valence-electron chi connectivity index (χ0n) is 10.8. The summed E-state index contributed by atoms with van der Waals surface area (Å²) in [4.78, 5) is 5.49. The van der Waals surface area contributed by atoms with E-state index < -0.39 is 0 Å². The third-order valence-corrected chi connectivity index (χ3v) is 4.36. The van der Waals surface area contributed by atoms with Gasteiger partial charge in [0.25, 0.3) is 0 Å². The number of nitrogens with two attached hydrogens (primary N) is 1. The maximum atomic E-state index is 5.93. The third-order valence-electron chi connectivity index (χ3n) is 2.97. The van der Waals surface area contributed by atoms with Crippen LogP contribution < -0.4 is 10.5 Å². The molecule has 0 radical (unpaired) electrons. The number of hydrogen-bond donors (Lipinski definition) is 1. The van der Waals surface area contributed by atoms with E-state index in [2.05, 4.69) is 20.9 Å². The number of benzene rings is 1. The summed E-state index contributed by atoms with van der Waals surface area (Å²) in [6.07, 6.45) is 4.78. The van der Waals surface area contributed by atoms with Crippen molar-refractivity contribution in [1.29, 1.82) is 0 Å². The zero-order valence-corrected chi connectivity index (χ0v) is 13.2. The van der Waals surface area contributed by atoms with E-state index in [0.717, 1.165) is 32.9 Å². The highest BCUT2D eigenvalue weighted by atomic mass is 79.9. The minimum atomic E-state index is 0.453. The van der Waals surface area contributed by atoms with E-state index in [-0.39, 0.29) is 0 Å². The van der Waals surface area contributed by atoms with Crippen LogP contribution in [0.4, 0.5) is 0 Å². The lowest BCUT2D eigenvalue weighted by atomic mass is 10.1. The summed E-state index contributed by atoms with van der Waals surface area (Å²) >= 11 is 5.14. The van der Waals surface area contributed by atoms with E-state index in [1.54, 1.807) is 11.3 Å². The molecule has 2 N–H and O–H groups in total. The number of halogens is 1. The van der Waals surface area contributed by atoms with Crippen molar-refractivity contribution in [3.8, 4) is 5.75 Å². The summed E-state index contributed by atoms with van der Waals surface area (Å²) in [5, 5.41) is 2.01. The summed E-state index contributed by atoms with van der Waals surface area (Å²) < 4.78 is 8.88. The highest BCUT2D eigenvalue weighted by molar-refractivity contribution is 9.10. The Hall–Kier alpha value is -1.37. The minimum Gasteiger partial charge on any atom is -0.486 e. The Kier molecular flexibility index (Phi) is 4.05. The zero-order chi connectivity index (χ0) is 13.9. The molecule has 3 rings (SSSR count). The van der Waals surface area contributed by atoms with Crippen molar-refractivity contribution in [2.75, 3.05) is 6.54 Å². The van der Waals surface area contributed by atoms with Gasteiger partial charge in [-0.2, -0.15) is 0 Å². The molecule has 0 aliphatic rings. The number of hydrogen-bond acceptors (Lipinski definition) is 4. The largest absolute Gasteiger partial charge is 0.486 e. The van der Waals surface area contributed by atoms with Crippen molar-refractivity contribution in [1.82, 2.24) is 9.38 Å². The molecule has 2 heterocycles. The number of para-hydroxylation sites is 1. The van der Waals surface area contributed by atoms with Crippen LogP contribution in [-0.2, 0) is 13.0 Å². The summed E-state index contributed by atoms with van der Waals surface area (Å²) in [6, 6.07) is 6.01. The van der Waals surface area contributed by atoms with Crippen molar-refractivity contribution < 1.29 is 4.74 Å². The Morgan fingerprint density at radius 1 is 1.40 bits per heavy atom. The van der Waals surface area contributed by atoms with Crippen molar-refractivity contribution in [2.24, 2.45) is 5.73 Å². The van der Waals surface area contributed by atoms with E-state index >= 15 is 0 Å². The fourth-order valence-corrected chi connectivity index (χ4v) is 3.30. The number of imidazole rings is 1. The first kappa shape index (κ1) is 13.6. The summed E-state index contributed by atoms with van der Waals surface area (Å²) in [5.41, 5.74) is 7.67. The molecular formula is C14H14BrN3OS. The lowest BCUT2D eigenvalue weighted by Gasteiger charge is -2.11. The average molecular weight is 352 g/mol. The molecule has 0 aliphatic heterocycles. The first-order chi connectivity index (χ1) is 9.78. The molecule has 0 saturated carbocycles. The Morgan fingerprint density at radius 3 is 3.10 bits per heavy atom. The van der Waals surface area contributed by atoms with E-state index in [1.165, 1.54) is 0 Å². The van der Waals surface area contributed by atoms with Gasteiger partial charge in [0.1, 0.15) is 12.4 Å². The van der Waals surface area contributed by atoms with E-state index in [1.807, 2.05) is 40.4 Å². The molecule has 0 unspecified atom stereocenters. The smallest absolute Gasteiger partial charge is 0.193 e. The third kappa shape index (κ3) is 2.72. The SMILES string of the molecule is NCCc1cccc(Br)c1OCc1cn2ccsc2n1. The van der Waals surface area contributed by atoms with Gasteiger partial charge in [-0.15, -0.1) is 11.3 Å². The lowest BCUT2D eigenvalue weighted by molar-refractivity contribution is 0.297. The van der Waals surface area contributed by atoms with Crippen LogP contribution in [0.1, 0.15) is 11.3 Å². The molecule has 0 bridgehead atoms. The molecule has 0 atom stereocenters. The Morgan fingerprint density at radius 2 is 2.30 bits per heavy atom. The second-order valence-electron chi connectivity index (χ2n) is 4.38. The molecule has 20 heavy (non-hydrogen) atoms. The maximum absolute atomic E-state index is 5.93. The molecule has 0 fully saturated rings. The average Bonchev–Trinajstić information content (AvgIpc) is 2.99. The Balaban J connectivity index is 1.79. The van der Waals surface area contributed by atoms with Crippen molar-refractivity contribution in [3.63, 3.8) is 0 Å². The van der Waals surface area contributed by atoms with Crippen LogP contribution in [0.5, 0.6) is 5.75 Å². The lowest BCUT2D eigenvalue weighted by Crippen LogP contribution is -2.06. The van der Waals surface area contributed by atoms with Crippen molar-refractivity contribution in [2.45, 2.75) is 13.0 Å². The van der Waals surface area contributed by atoms with E-state index in [4.69, 9.17) is 10.5 Å². The van der Waals surface area contributed by atoms with Crippen LogP contribution in [0.25, 0.3) is 4.96 Å². The van der Waals surface area contributed by atoms with Crippen LogP contribution in [0.2, 0.25) is 0 Å². The van der Waals surface area contributed by atoms with Gasteiger partial charge in [-0.25, -0.2) is 4.98 Å². The number of ether oxygens (including phenoxy) is 1. The second-order valence-corrected chi connectivity index (χ2v) is 6.11. The van der Waals surface area contributed by atoms with Gasteiger partial charge >= 0.3 is 0 Å². The monoisotopic (exact) mass is 351 g/mol. The maximum Gasteiger partial charge on any atom is 0.193 e. The molecule has 0 spiro atoms. The number of fused-ring (bicyclic) bond motifs is 1. The number of rotatable bonds is 5. The predicted octanol–water partition coefficient (Wildman–Crippen LogP) is 3.24. The summed E-state index contributed by atoms with van der Waals surface area (Å²) in [6.45, 7) is 1.06. The van der Waals surface area contributed by atoms with Crippen molar-refractivity contribution >= 4 is 32.2 Å². The van der Waals surface area contributed by atoms with Gasteiger partial charge in [0.15, 0.2) is 4.96 Å². The van der Waals surface area contributed by atoms with Gasteiger partial charge in [-0.1, -0.05) is 12.1 Å². The normalized spacial score (nSPS) is 11.1. The van der Waals surface area contributed by atoms with Gasteiger partial charge < -0.3 is 10.5 Å². The highest BCUT2D eigenvalue weighted by Gasteiger charge is 2.09. The Labute approximate surface area is 129 Å². The molecule has 0 saturated heterocycles. The van der Waals surface area contributed by atoms with E-state index in [9.17, 15) is 0 Å². The van der Waals surface area contributed by atoms with Crippen LogP contribution in [0, 0.1) is 0 Å². The molecule has 0 amide bonds. The molecule has 0 aliphatic carbocycles. The topological polar surface area (TPSA) is 52.5 Å². The molecule has 6 heteroatoms. The number of thiazole rings is 1.